The van der Waals surface area contributed by atoms with E-state index in [0.29, 0.717) is 6.42 Å². The Morgan fingerprint density at radius 2 is 2.05 bits per heavy atom. The van der Waals surface area contributed by atoms with E-state index in [2.05, 4.69) is 4.74 Å². The first-order valence-corrected chi connectivity index (χ1v) is 7.81. The second-order valence-electron chi connectivity index (χ2n) is 5.37. The molecular formula is C15H18O5S. The Morgan fingerprint density at radius 1 is 1.33 bits per heavy atom. The predicted molar refractivity (Wildman–Crippen MR) is 79.7 cm³/mol. The lowest BCUT2D eigenvalue weighted by Gasteiger charge is -2.12. The fraction of sp³-hybridized carbons (Fsp3) is 0.467. The second-order valence-corrected chi connectivity index (χ2v) is 6.36. The van der Waals surface area contributed by atoms with Crippen molar-refractivity contribution in [1.29, 1.82) is 0 Å². The van der Waals surface area contributed by atoms with E-state index in [1.54, 1.807) is 0 Å². The zero-order valence-electron chi connectivity index (χ0n) is 11.8. The van der Waals surface area contributed by atoms with Crippen molar-refractivity contribution in [2.24, 2.45) is 5.41 Å². The average Bonchev–Trinajstić information content (AvgIpc) is 3.18. The number of carbonyl (C=O) groups is 2. The lowest BCUT2D eigenvalue weighted by Crippen LogP contribution is -2.14. The number of aromatic hydroxyl groups is 2. The van der Waals surface area contributed by atoms with E-state index in [9.17, 15) is 19.8 Å². The molecule has 2 N–H and O–H groups in total. The molecule has 114 valence electrons. The van der Waals surface area contributed by atoms with Crippen molar-refractivity contribution in [2.45, 2.75) is 19.3 Å². The van der Waals surface area contributed by atoms with Crippen molar-refractivity contribution in [3.8, 4) is 11.5 Å². The third kappa shape index (κ3) is 4.14. The van der Waals surface area contributed by atoms with Crippen LogP contribution in [-0.2, 0) is 9.53 Å². The number of hydrogen-bond acceptors (Lipinski definition) is 6. The first-order chi connectivity index (χ1) is 9.96. The highest BCUT2D eigenvalue weighted by atomic mass is 32.2. The Kier molecular flexibility index (Phi) is 4.77. The summed E-state index contributed by atoms with van der Waals surface area (Å²) < 4.78 is 4.68. The minimum absolute atomic E-state index is 0.0188. The van der Waals surface area contributed by atoms with Crippen LogP contribution in [0.1, 0.15) is 29.6 Å². The maximum absolute atomic E-state index is 12.0. The summed E-state index contributed by atoms with van der Waals surface area (Å²) in [5.74, 6) is 0.276. The molecule has 6 heteroatoms. The monoisotopic (exact) mass is 310 g/mol. The van der Waals surface area contributed by atoms with Crippen LogP contribution in [0, 0.1) is 5.41 Å². The number of phenols is 2. The molecule has 21 heavy (non-hydrogen) atoms. The number of benzene rings is 1. The Balaban J connectivity index is 1.83. The lowest BCUT2D eigenvalue weighted by molar-refractivity contribution is -0.141. The molecule has 0 saturated heterocycles. The molecule has 0 aromatic heterocycles. The number of methoxy groups -OCH3 is 1. The van der Waals surface area contributed by atoms with Crippen LogP contribution in [0.25, 0.3) is 0 Å². The molecule has 0 bridgehead atoms. The number of esters is 1. The molecule has 2 rings (SSSR count). The summed E-state index contributed by atoms with van der Waals surface area (Å²) in [7, 11) is 1.38. The molecule has 0 unspecified atom stereocenters. The second kappa shape index (κ2) is 6.39. The highest BCUT2D eigenvalue weighted by Crippen LogP contribution is 2.51. The number of ketones is 1. The quantitative estimate of drug-likeness (QED) is 0.594. The first kappa shape index (κ1) is 15.7. The van der Waals surface area contributed by atoms with Gasteiger partial charge in [0, 0.05) is 6.07 Å². The Hall–Kier alpha value is -1.69. The lowest BCUT2D eigenvalue weighted by atomic mass is 10.1. The van der Waals surface area contributed by atoms with Crippen LogP contribution in [0.3, 0.4) is 0 Å². The number of carbonyl (C=O) groups excluding carboxylic acids is 2. The van der Waals surface area contributed by atoms with Crippen LogP contribution in [-0.4, -0.2) is 40.6 Å². The Bertz CT molecular complexity index is 551. The van der Waals surface area contributed by atoms with Crippen LogP contribution in [0.2, 0.25) is 0 Å². The summed E-state index contributed by atoms with van der Waals surface area (Å²) in [5, 5.41) is 18.8. The normalized spacial score (nSPS) is 15.5. The molecule has 1 aromatic rings. The SMILES string of the molecule is COC(=O)CC1(CSCC(=O)c2ccc(O)cc2O)CC1. The van der Waals surface area contributed by atoms with Crippen LogP contribution in [0.5, 0.6) is 11.5 Å². The van der Waals surface area contributed by atoms with Gasteiger partial charge in [0.25, 0.3) is 0 Å². The van der Waals surface area contributed by atoms with Crippen LogP contribution < -0.4 is 0 Å². The molecule has 0 spiro atoms. The van der Waals surface area contributed by atoms with Gasteiger partial charge in [0.1, 0.15) is 11.5 Å². The molecule has 0 radical (unpaired) electrons. The van der Waals surface area contributed by atoms with Gasteiger partial charge < -0.3 is 14.9 Å². The smallest absolute Gasteiger partial charge is 0.306 e. The Labute approximate surface area is 127 Å². The van der Waals surface area contributed by atoms with Crippen LogP contribution in [0.4, 0.5) is 0 Å². The van der Waals surface area contributed by atoms with Gasteiger partial charge in [-0.2, -0.15) is 11.8 Å². The van der Waals surface area contributed by atoms with Gasteiger partial charge in [0.15, 0.2) is 5.78 Å². The highest BCUT2D eigenvalue weighted by Gasteiger charge is 2.44. The molecule has 1 saturated carbocycles. The van der Waals surface area contributed by atoms with Gasteiger partial charge in [-0.25, -0.2) is 0 Å². The summed E-state index contributed by atoms with van der Waals surface area (Å²) in [4.78, 5) is 23.3. The molecule has 1 aliphatic rings. The fourth-order valence-electron chi connectivity index (χ4n) is 2.12. The van der Waals surface area contributed by atoms with Crippen molar-refractivity contribution >= 4 is 23.5 Å². The molecule has 5 nitrogen and oxygen atoms in total. The van der Waals surface area contributed by atoms with Crippen molar-refractivity contribution in [1.82, 2.24) is 0 Å². The molecule has 0 amide bonds. The topological polar surface area (TPSA) is 83.8 Å². The van der Waals surface area contributed by atoms with Crippen LogP contribution >= 0.6 is 11.8 Å². The van der Waals surface area contributed by atoms with Crippen molar-refractivity contribution in [2.75, 3.05) is 18.6 Å². The van der Waals surface area contributed by atoms with Crippen molar-refractivity contribution < 1.29 is 24.5 Å². The fourth-order valence-corrected chi connectivity index (χ4v) is 3.39. The molecule has 1 fully saturated rings. The molecule has 1 aromatic carbocycles. The molecular weight excluding hydrogens is 292 g/mol. The van der Waals surface area contributed by atoms with E-state index in [0.717, 1.165) is 24.7 Å². The van der Waals surface area contributed by atoms with Gasteiger partial charge in [-0.15, -0.1) is 0 Å². The molecule has 0 atom stereocenters. The minimum Gasteiger partial charge on any atom is -0.508 e. The number of ether oxygens (including phenoxy) is 1. The zero-order valence-corrected chi connectivity index (χ0v) is 12.6. The van der Waals surface area contributed by atoms with E-state index in [-0.39, 0.29) is 40.0 Å². The summed E-state index contributed by atoms with van der Waals surface area (Å²) in [6.07, 6.45) is 2.36. The number of hydrogen-bond donors (Lipinski definition) is 2. The van der Waals surface area contributed by atoms with E-state index >= 15 is 0 Å². The number of thioether (sulfide) groups is 1. The van der Waals surface area contributed by atoms with Crippen molar-refractivity contribution in [3.63, 3.8) is 0 Å². The molecule has 0 aliphatic heterocycles. The Morgan fingerprint density at radius 3 is 2.62 bits per heavy atom. The van der Waals surface area contributed by atoms with E-state index in [1.165, 1.54) is 31.0 Å². The average molecular weight is 310 g/mol. The number of phenolic OH excluding ortho intramolecular Hbond substituents is 2. The van der Waals surface area contributed by atoms with Gasteiger partial charge in [0.05, 0.1) is 24.8 Å². The van der Waals surface area contributed by atoms with Crippen LogP contribution in [0.15, 0.2) is 18.2 Å². The highest BCUT2D eigenvalue weighted by molar-refractivity contribution is 8.00. The third-order valence-corrected chi connectivity index (χ3v) is 4.91. The summed E-state index contributed by atoms with van der Waals surface area (Å²) in [6.45, 7) is 0. The summed E-state index contributed by atoms with van der Waals surface area (Å²) in [5.41, 5.74) is 0.188. The zero-order chi connectivity index (χ0) is 15.5. The van der Waals surface area contributed by atoms with Gasteiger partial charge in [-0.05, 0) is 36.1 Å². The van der Waals surface area contributed by atoms with Crippen molar-refractivity contribution in [3.05, 3.63) is 23.8 Å². The minimum atomic E-state index is -0.212. The first-order valence-electron chi connectivity index (χ1n) is 6.65. The van der Waals surface area contributed by atoms with E-state index in [1.807, 2.05) is 0 Å². The maximum Gasteiger partial charge on any atom is 0.306 e. The summed E-state index contributed by atoms with van der Waals surface area (Å²) >= 11 is 1.46. The molecule has 0 heterocycles. The summed E-state index contributed by atoms with van der Waals surface area (Å²) in [6, 6.07) is 3.93. The molecule has 1 aliphatic carbocycles. The predicted octanol–water partition coefficient (Wildman–Crippen LogP) is 2.36. The third-order valence-electron chi connectivity index (χ3n) is 3.63. The largest absolute Gasteiger partial charge is 0.508 e. The van der Waals surface area contributed by atoms with Gasteiger partial charge in [-0.3, -0.25) is 9.59 Å². The number of Topliss-reactive ketones (excluding diaryl/α,β-unsaturated/α-hetero) is 1. The van der Waals surface area contributed by atoms with Gasteiger partial charge >= 0.3 is 5.97 Å². The number of rotatable bonds is 7. The standard InChI is InChI=1S/C15H18O5S/c1-20-14(19)7-15(4-5-15)9-21-8-13(18)11-3-2-10(16)6-12(11)17/h2-3,6,16-17H,4-5,7-9H2,1H3. The van der Waals surface area contributed by atoms with Gasteiger partial charge in [-0.1, -0.05) is 0 Å². The van der Waals surface area contributed by atoms with E-state index < -0.39 is 0 Å². The van der Waals surface area contributed by atoms with Gasteiger partial charge in [0.2, 0.25) is 0 Å². The maximum atomic E-state index is 12.0. The van der Waals surface area contributed by atoms with E-state index in [4.69, 9.17) is 0 Å².